The third kappa shape index (κ3) is 2.83. The standard InChI is InChI=1S/C24H29NO6/c1-12-14-9-18(27)24(3)21(23(14,2)7-6-15(12)26)20(28)19-17(31-24)10-16(30-22(19)29)13-5-4-8-25-11-13/h4-5,8,10-12,14-15,18,20-21,26-28H,6-7,9H2,1-3H3/t12-,14?,15+,18+,20+,21?,23+,24-/m1/s1. The molecule has 0 amide bonds. The molecular formula is C24H29NO6. The summed E-state index contributed by atoms with van der Waals surface area (Å²) in [5, 5.41) is 33.1. The van der Waals surface area contributed by atoms with E-state index in [0.29, 0.717) is 30.6 Å². The van der Waals surface area contributed by atoms with Crippen LogP contribution in [0.1, 0.15) is 51.7 Å². The summed E-state index contributed by atoms with van der Waals surface area (Å²) in [5.41, 5.74) is -1.39. The van der Waals surface area contributed by atoms with E-state index < -0.39 is 40.9 Å². The minimum Gasteiger partial charge on any atom is -0.484 e. The molecule has 3 N–H and O–H groups in total. The second-order valence-corrected chi connectivity index (χ2v) is 9.96. The van der Waals surface area contributed by atoms with Crippen molar-refractivity contribution in [2.75, 3.05) is 0 Å². The second kappa shape index (κ2) is 6.89. The van der Waals surface area contributed by atoms with Gasteiger partial charge in [0.2, 0.25) is 0 Å². The third-order valence-electron chi connectivity index (χ3n) is 8.37. The minimum absolute atomic E-state index is 0.00540. The van der Waals surface area contributed by atoms with E-state index in [4.69, 9.17) is 9.15 Å². The summed E-state index contributed by atoms with van der Waals surface area (Å²) in [6.07, 6.45) is 2.57. The zero-order valence-corrected chi connectivity index (χ0v) is 18.0. The van der Waals surface area contributed by atoms with E-state index in [9.17, 15) is 20.1 Å². The van der Waals surface area contributed by atoms with Crippen molar-refractivity contribution in [3.8, 4) is 17.1 Å². The SMILES string of the molecule is C[C@@H]1C2C[C@H](O)[C@@]3(C)Oc4cc(-c5cccnc5)oc(=O)c4[C@H](O)C3[C@@]2(C)CC[C@@H]1O. The molecule has 2 saturated carbocycles. The molecule has 7 nitrogen and oxygen atoms in total. The second-order valence-electron chi connectivity index (χ2n) is 9.96. The summed E-state index contributed by atoms with van der Waals surface area (Å²) in [6.45, 7) is 5.92. The van der Waals surface area contributed by atoms with Crippen molar-refractivity contribution in [1.82, 2.24) is 4.98 Å². The molecule has 1 aliphatic heterocycles. The molecule has 0 spiro atoms. The summed E-state index contributed by atoms with van der Waals surface area (Å²) >= 11 is 0. The Morgan fingerprint density at radius 2 is 2.00 bits per heavy atom. The smallest absolute Gasteiger partial charge is 0.345 e. The fourth-order valence-electron chi connectivity index (χ4n) is 6.68. The average Bonchev–Trinajstić information content (AvgIpc) is 2.73. The largest absolute Gasteiger partial charge is 0.484 e. The molecule has 0 bridgehead atoms. The third-order valence-corrected chi connectivity index (χ3v) is 8.37. The first-order valence-electron chi connectivity index (χ1n) is 11.0. The summed E-state index contributed by atoms with van der Waals surface area (Å²) in [5.74, 6) is 0.0198. The molecular weight excluding hydrogens is 398 g/mol. The van der Waals surface area contributed by atoms with Gasteiger partial charge < -0.3 is 24.5 Å². The minimum atomic E-state index is -1.14. The Hall–Kier alpha value is -2.22. The molecule has 8 atom stereocenters. The summed E-state index contributed by atoms with van der Waals surface area (Å²) in [7, 11) is 0. The normalized spacial score (nSPS) is 41.5. The molecule has 2 aromatic rings. The fourth-order valence-corrected chi connectivity index (χ4v) is 6.68. The number of fused-ring (bicyclic) bond motifs is 4. The van der Waals surface area contributed by atoms with E-state index >= 15 is 0 Å². The van der Waals surface area contributed by atoms with E-state index in [-0.39, 0.29) is 23.1 Å². The molecule has 2 fully saturated rings. The predicted octanol–water partition coefficient (Wildman–Crippen LogP) is 2.68. The number of nitrogens with zero attached hydrogens (tertiary/aromatic N) is 1. The van der Waals surface area contributed by atoms with Gasteiger partial charge in [0.1, 0.15) is 22.7 Å². The van der Waals surface area contributed by atoms with Gasteiger partial charge in [0.05, 0.1) is 18.3 Å². The summed E-state index contributed by atoms with van der Waals surface area (Å²) in [4.78, 5) is 17.0. The van der Waals surface area contributed by atoms with Crippen molar-refractivity contribution in [2.24, 2.45) is 23.2 Å². The molecule has 7 heteroatoms. The van der Waals surface area contributed by atoms with Gasteiger partial charge in [-0.2, -0.15) is 0 Å². The summed E-state index contributed by atoms with van der Waals surface area (Å²) < 4.78 is 11.9. The van der Waals surface area contributed by atoms with Gasteiger partial charge in [-0.05, 0) is 55.6 Å². The highest BCUT2D eigenvalue weighted by atomic mass is 16.5. The van der Waals surface area contributed by atoms with Crippen LogP contribution in [0.4, 0.5) is 0 Å². The molecule has 0 aromatic carbocycles. The number of aliphatic hydroxyl groups is 3. The Balaban J connectivity index is 1.64. The van der Waals surface area contributed by atoms with Crippen LogP contribution in [0.3, 0.4) is 0 Å². The monoisotopic (exact) mass is 427 g/mol. The quantitative estimate of drug-likeness (QED) is 0.641. The maximum Gasteiger partial charge on any atom is 0.345 e. The molecule has 31 heavy (non-hydrogen) atoms. The maximum absolute atomic E-state index is 13.0. The molecule has 0 radical (unpaired) electrons. The van der Waals surface area contributed by atoms with Crippen LogP contribution in [0.2, 0.25) is 0 Å². The summed E-state index contributed by atoms with van der Waals surface area (Å²) in [6, 6.07) is 5.12. The van der Waals surface area contributed by atoms with Crippen molar-refractivity contribution in [3.05, 3.63) is 46.6 Å². The van der Waals surface area contributed by atoms with Gasteiger partial charge in [-0.15, -0.1) is 0 Å². The Morgan fingerprint density at radius 1 is 1.23 bits per heavy atom. The van der Waals surface area contributed by atoms with E-state index in [1.54, 1.807) is 30.6 Å². The van der Waals surface area contributed by atoms with Crippen molar-refractivity contribution in [1.29, 1.82) is 0 Å². The Bertz CT molecular complexity index is 1050. The van der Waals surface area contributed by atoms with Gasteiger partial charge in [-0.1, -0.05) is 13.8 Å². The van der Waals surface area contributed by atoms with Gasteiger partial charge in [0.15, 0.2) is 0 Å². The van der Waals surface area contributed by atoms with Crippen LogP contribution < -0.4 is 10.4 Å². The van der Waals surface area contributed by atoms with Crippen molar-refractivity contribution < 1.29 is 24.5 Å². The number of ether oxygens (including phenoxy) is 1. The number of pyridine rings is 1. The average molecular weight is 427 g/mol. The zero-order valence-electron chi connectivity index (χ0n) is 18.0. The molecule has 2 aliphatic carbocycles. The Morgan fingerprint density at radius 3 is 2.71 bits per heavy atom. The highest BCUT2D eigenvalue weighted by Crippen LogP contribution is 2.64. The van der Waals surface area contributed by atoms with E-state index in [2.05, 4.69) is 11.9 Å². The number of aliphatic hydroxyl groups excluding tert-OH is 3. The van der Waals surface area contributed by atoms with Crippen molar-refractivity contribution in [2.45, 2.75) is 63.9 Å². The van der Waals surface area contributed by atoms with Crippen LogP contribution in [-0.4, -0.2) is 38.1 Å². The predicted molar refractivity (Wildman–Crippen MR) is 112 cm³/mol. The van der Waals surface area contributed by atoms with Gasteiger partial charge in [-0.3, -0.25) is 4.98 Å². The first-order valence-corrected chi connectivity index (χ1v) is 11.0. The lowest BCUT2D eigenvalue weighted by Gasteiger charge is -2.63. The van der Waals surface area contributed by atoms with Crippen LogP contribution in [0, 0.1) is 23.2 Å². The number of rotatable bonds is 1. The number of hydrogen-bond acceptors (Lipinski definition) is 7. The number of hydrogen-bond donors (Lipinski definition) is 3. The first-order chi connectivity index (χ1) is 14.7. The maximum atomic E-state index is 13.0. The molecule has 0 saturated heterocycles. The van der Waals surface area contributed by atoms with Gasteiger partial charge in [0.25, 0.3) is 0 Å². The Kier molecular flexibility index (Phi) is 4.59. The van der Waals surface area contributed by atoms with Gasteiger partial charge >= 0.3 is 5.63 Å². The van der Waals surface area contributed by atoms with E-state index in [0.717, 1.165) is 0 Å². The lowest BCUT2D eigenvalue weighted by molar-refractivity contribution is -0.242. The molecule has 2 aromatic heterocycles. The van der Waals surface area contributed by atoms with E-state index in [1.807, 2.05) is 13.8 Å². The van der Waals surface area contributed by atoms with Crippen LogP contribution in [0.25, 0.3) is 11.3 Å². The van der Waals surface area contributed by atoms with Crippen LogP contribution in [-0.2, 0) is 0 Å². The van der Waals surface area contributed by atoms with Crippen LogP contribution in [0.5, 0.6) is 5.75 Å². The van der Waals surface area contributed by atoms with E-state index in [1.165, 1.54) is 0 Å². The van der Waals surface area contributed by atoms with Crippen molar-refractivity contribution >= 4 is 0 Å². The van der Waals surface area contributed by atoms with Gasteiger partial charge in [-0.25, -0.2) is 4.79 Å². The molecule has 5 rings (SSSR count). The van der Waals surface area contributed by atoms with Gasteiger partial charge in [0, 0.05) is 29.9 Å². The first kappa shape index (κ1) is 20.7. The molecule has 166 valence electrons. The lowest BCUT2D eigenvalue weighted by Crippen LogP contribution is -2.68. The fraction of sp³-hybridized carbons (Fsp3) is 0.583. The molecule has 3 heterocycles. The highest BCUT2D eigenvalue weighted by Gasteiger charge is 2.66. The van der Waals surface area contributed by atoms with Crippen molar-refractivity contribution in [3.63, 3.8) is 0 Å². The highest BCUT2D eigenvalue weighted by molar-refractivity contribution is 5.59. The lowest BCUT2D eigenvalue weighted by atomic mass is 9.46. The molecule has 2 unspecified atom stereocenters. The molecule has 3 aliphatic rings. The Labute approximate surface area is 180 Å². The topological polar surface area (TPSA) is 113 Å². The zero-order chi connectivity index (χ0) is 22.1. The van der Waals surface area contributed by atoms with Crippen LogP contribution >= 0.6 is 0 Å². The van der Waals surface area contributed by atoms with Crippen LogP contribution in [0.15, 0.2) is 39.8 Å². The number of aromatic nitrogens is 1.